The van der Waals surface area contributed by atoms with E-state index < -0.39 is 0 Å². The molecule has 2 aromatic carbocycles. The van der Waals surface area contributed by atoms with Gasteiger partial charge in [0, 0.05) is 11.1 Å². The number of ether oxygens (including phenoxy) is 1. The maximum atomic E-state index is 12.9. The summed E-state index contributed by atoms with van der Waals surface area (Å²) in [6.45, 7) is 1.92. The van der Waals surface area contributed by atoms with Crippen molar-refractivity contribution < 1.29 is 14.3 Å². The number of Topliss-reactive ketones (excluding diaryl/α,β-unsaturated/α-hetero) is 1. The van der Waals surface area contributed by atoms with E-state index in [9.17, 15) is 9.59 Å². The van der Waals surface area contributed by atoms with Crippen molar-refractivity contribution in [1.29, 1.82) is 0 Å². The monoisotopic (exact) mass is 393 g/mol. The van der Waals surface area contributed by atoms with Gasteiger partial charge in [0.2, 0.25) is 0 Å². The van der Waals surface area contributed by atoms with E-state index in [0.717, 1.165) is 16.9 Å². The van der Waals surface area contributed by atoms with Crippen molar-refractivity contribution in [3.05, 3.63) is 76.2 Å². The van der Waals surface area contributed by atoms with Gasteiger partial charge in [-0.2, -0.15) is 0 Å². The maximum absolute atomic E-state index is 12.9. The van der Waals surface area contributed by atoms with E-state index in [1.807, 2.05) is 36.4 Å². The number of ketones is 1. The molecule has 134 valence electrons. The molecular formula is C21H15NO3S2. The van der Waals surface area contributed by atoms with Gasteiger partial charge < -0.3 is 4.74 Å². The Morgan fingerprint density at radius 1 is 1.19 bits per heavy atom. The Morgan fingerprint density at radius 3 is 2.67 bits per heavy atom. The van der Waals surface area contributed by atoms with Crippen molar-refractivity contribution in [1.82, 2.24) is 0 Å². The van der Waals surface area contributed by atoms with Crippen LogP contribution < -0.4 is 9.64 Å². The van der Waals surface area contributed by atoms with E-state index in [1.54, 1.807) is 24.3 Å². The lowest BCUT2D eigenvalue weighted by atomic mass is 10.1. The number of benzene rings is 2. The Labute approximate surface area is 166 Å². The second-order valence-corrected chi connectivity index (χ2v) is 7.84. The Balaban J connectivity index is 1.61. The number of anilines is 1. The highest BCUT2D eigenvalue weighted by Gasteiger charge is 2.33. The summed E-state index contributed by atoms with van der Waals surface area (Å²) in [6.07, 6.45) is 3.85. The van der Waals surface area contributed by atoms with Gasteiger partial charge in [-0.1, -0.05) is 42.2 Å². The van der Waals surface area contributed by atoms with Gasteiger partial charge in [-0.05, 0) is 55.0 Å². The summed E-state index contributed by atoms with van der Waals surface area (Å²) in [5.74, 6) is 0.657. The molecule has 2 aliphatic rings. The Hall–Kier alpha value is -2.70. The second kappa shape index (κ2) is 7.13. The first kappa shape index (κ1) is 17.7. The quantitative estimate of drug-likeness (QED) is 0.433. The highest BCUT2D eigenvalue weighted by Crippen LogP contribution is 2.36. The molecule has 1 fully saturated rings. The highest BCUT2D eigenvalue weighted by molar-refractivity contribution is 8.27. The van der Waals surface area contributed by atoms with Crippen LogP contribution in [0.5, 0.6) is 5.75 Å². The molecule has 2 heterocycles. The molecule has 0 unspecified atom stereocenters. The van der Waals surface area contributed by atoms with Gasteiger partial charge >= 0.3 is 0 Å². The molecule has 0 aromatic heterocycles. The predicted octanol–water partition coefficient (Wildman–Crippen LogP) is 4.61. The van der Waals surface area contributed by atoms with Crippen molar-refractivity contribution in [3.63, 3.8) is 0 Å². The summed E-state index contributed by atoms with van der Waals surface area (Å²) < 4.78 is 6.22. The molecule has 0 atom stereocenters. The number of para-hydroxylation sites is 1. The molecule has 1 amide bonds. The van der Waals surface area contributed by atoms with Crippen LogP contribution in [-0.2, 0) is 4.79 Å². The first-order valence-electron chi connectivity index (χ1n) is 8.34. The minimum atomic E-state index is -0.166. The van der Waals surface area contributed by atoms with Crippen LogP contribution in [0.3, 0.4) is 0 Å². The van der Waals surface area contributed by atoms with Gasteiger partial charge in [0.15, 0.2) is 10.1 Å². The van der Waals surface area contributed by atoms with Gasteiger partial charge in [-0.25, -0.2) is 0 Å². The highest BCUT2D eigenvalue weighted by atomic mass is 32.2. The van der Waals surface area contributed by atoms with Crippen molar-refractivity contribution in [2.45, 2.75) is 6.92 Å². The summed E-state index contributed by atoms with van der Waals surface area (Å²) in [7, 11) is 0. The number of nitrogens with zero attached hydrogens (tertiary/aromatic N) is 1. The van der Waals surface area contributed by atoms with Crippen LogP contribution >= 0.6 is 24.0 Å². The Bertz CT molecular complexity index is 1020. The number of thioether (sulfide) groups is 1. The lowest BCUT2D eigenvalue weighted by Crippen LogP contribution is -2.27. The van der Waals surface area contributed by atoms with Gasteiger partial charge in [0.1, 0.15) is 12.4 Å². The van der Waals surface area contributed by atoms with E-state index in [2.05, 4.69) is 0 Å². The average molecular weight is 393 g/mol. The molecule has 0 N–H and O–H groups in total. The summed E-state index contributed by atoms with van der Waals surface area (Å²) in [5.41, 5.74) is 3.17. The topological polar surface area (TPSA) is 46.6 Å². The number of carbonyl (C=O) groups is 2. The fourth-order valence-corrected chi connectivity index (χ4v) is 4.24. The zero-order valence-corrected chi connectivity index (χ0v) is 16.1. The summed E-state index contributed by atoms with van der Waals surface area (Å²) >= 11 is 6.67. The maximum Gasteiger partial charge on any atom is 0.270 e. The van der Waals surface area contributed by atoms with E-state index >= 15 is 0 Å². The average Bonchev–Trinajstić information content (AvgIpc) is 2.95. The predicted molar refractivity (Wildman–Crippen MR) is 112 cm³/mol. The number of fused-ring (bicyclic) bond motifs is 1. The number of rotatable bonds is 3. The molecular weight excluding hydrogens is 378 g/mol. The van der Waals surface area contributed by atoms with Crippen molar-refractivity contribution in [3.8, 4) is 5.75 Å². The van der Waals surface area contributed by atoms with E-state index in [-0.39, 0.29) is 11.7 Å². The number of thiocarbonyl (C=S) groups is 1. The van der Waals surface area contributed by atoms with Gasteiger partial charge in [0.25, 0.3) is 5.91 Å². The van der Waals surface area contributed by atoms with Crippen molar-refractivity contribution in [2.75, 3.05) is 11.5 Å². The molecule has 4 nitrogen and oxygen atoms in total. The van der Waals surface area contributed by atoms with Crippen LogP contribution in [0.15, 0.2) is 65.1 Å². The summed E-state index contributed by atoms with van der Waals surface area (Å²) in [6, 6.07) is 14.7. The van der Waals surface area contributed by atoms with Crippen LogP contribution in [0.4, 0.5) is 5.69 Å². The van der Waals surface area contributed by atoms with Crippen LogP contribution in [0.25, 0.3) is 6.08 Å². The lowest BCUT2D eigenvalue weighted by Gasteiger charge is -2.16. The molecule has 4 rings (SSSR count). The number of hydrogen-bond donors (Lipinski definition) is 0. The third-order valence-corrected chi connectivity index (χ3v) is 5.60. The van der Waals surface area contributed by atoms with Gasteiger partial charge in [-0.3, -0.25) is 14.5 Å². The Morgan fingerprint density at radius 2 is 1.93 bits per heavy atom. The molecule has 2 aliphatic heterocycles. The number of amides is 1. The third kappa shape index (κ3) is 3.46. The molecule has 0 saturated carbocycles. The first-order chi connectivity index (χ1) is 13.0. The molecule has 2 aromatic rings. The zero-order valence-electron chi connectivity index (χ0n) is 14.5. The molecule has 1 saturated heterocycles. The molecule has 0 spiro atoms. The standard InChI is InChI=1S/C21H15NO3S2/c1-13(23)15-6-8-17(9-7-15)22-20(24)19(27-21(22)26)11-14-10-16-4-2-3-5-18(16)25-12-14/h2-11H,12H2,1H3/b19-11+. The van der Waals surface area contributed by atoms with Crippen LogP contribution in [0.1, 0.15) is 22.8 Å². The molecule has 6 heteroatoms. The van der Waals surface area contributed by atoms with Crippen LogP contribution in [0, 0.1) is 0 Å². The zero-order chi connectivity index (χ0) is 19.0. The van der Waals surface area contributed by atoms with Gasteiger partial charge in [0.05, 0.1) is 10.6 Å². The number of hydrogen-bond acceptors (Lipinski definition) is 5. The van der Waals surface area contributed by atoms with Gasteiger partial charge in [-0.15, -0.1) is 0 Å². The summed E-state index contributed by atoms with van der Waals surface area (Å²) in [5, 5.41) is 0. The minimum absolute atomic E-state index is 0.0173. The smallest absolute Gasteiger partial charge is 0.270 e. The van der Waals surface area contributed by atoms with Crippen LogP contribution in [0.2, 0.25) is 0 Å². The third-order valence-electron chi connectivity index (χ3n) is 4.30. The lowest BCUT2D eigenvalue weighted by molar-refractivity contribution is -0.113. The van der Waals surface area contributed by atoms with Crippen LogP contribution in [-0.4, -0.2) is 22.6 Å². The van der Waals surface area contributed by atoms with E-state index in [0.29, 0.717) is 27.1 Å². The molecule has 0 aliphatic carbocycles. The van der Waals surface area contributed by atoms with E-state index in [4.69, 9.17) is 17.0 Å². The first-order valence-corrected chi connectivity index (χ1v) is 9.57. The molecule has 0 bridgehead atoms. The second-order valence-electron chi connectivity index (χ2n) is 6.17. The molecule has 0 radical (unpaired) electrons. The Kier molecular flexibility index (Phi) is 4.68. The SMILES string of the molecule is CC(=O)c1ccc(N2C(=O)/C(=C\C3=Cc4ccccc4OC3)SC2=S)cc1. The minimum Gasteiger partial charge on any atom is -0.488 e. The normalized spacial score (nSPS) is 17.6. The fourth-order valence-electron chi connectivity index (χ4n) is 2.92. The van der Waals surface area contributed by atoms with Crippen molar-refractivity contribution >= 4 is 51.8 Å². The van der Waals surface area contributed by atoms with E-state index in [1.165, 1.54) is 23.6 Å². The van der Waals surface area contributed by atoms with Crippen molar-refractivity contribution in [2.24, 2.45) is 0 Å². The molecule has 27 heavy (non-hydrogen) atoms. The number of carbonyl (C=O) groups excluding carboxylic acids is 2. The largest absolute Gasteiger partial charge is 0.488 e. The summed E-state index contributed by atoms with van der Waals surface area (Å²) in [4.78, 5) is 26.4. The fraction of sp³-hybridized carbons (Fsp3) is 0.0952.